The fourth-order valence-electron chi connectivity index (χ4n) is 2.60. The van der Waals surface area contributed by atoms with Gasteiger partial charge < -0.3 is 15.2 Å². The first-order valence-electron chi connectivity index (χ1n) is 7.89. The molecular weight excluding hydrogens is 262 g/mol. The molecule has 2 N–H and O–H groups in total. The minimum absolute atomic E-state index is 0.335. The number of hydrogen-bond donors (Lipinski definition) is 2. The lowest BCUT2D eigenvalue weighted by molar-refractivity contribution is 0.105. The lowest BCUT2D eigenvalue weighted by Gasteiger charge is -2.20. The van der Waals surface area contributed by atoms with Crippen LogP contribution in [-0.4, -0.2) is 30.9 Å². The largest absolute Gasteiger partial charge is 0.491 e. The van der Waals surface area contributed by atoms with Crippen molar-refractivity contribution < 1.29 is 9.84 Å². The van der Waals surface area contributed by atoms with E-state index in [1.54, 1.807) is 0 Å². The minimum Gasteiger partial charge on any atom is -0.491 e. The Morgan fingerprint density at radius 1 is 1.33 bits per heavy atom. The quantitative estimate of drug-likeness (QED) is 0.758. The van der Waals surface area contributed by atoms with Crippen molar-refractivity contribution in [1.82, 2.24) is 5.32 Å². The van der Waals surface area contributed by atoms with Crippen LogP contribution >= 0.6 is 0 Å². The highest BCUT2D eigenvalue weighted by atomic mass is 16.5. The molecule has 0 saturated carbocycles. The molecule has 0 bridgehead atoms. The molecule has 0 heterocycles. The van der Waals surface area contributed by atoms with E-state index < -0.39 is 6.10 Å². The molecule has 21 heavy (non-hydrogen) atoms. The average molecular weight is 289 g/mol. The van der Waals surface area contributed by atoms with Gasteiger partial charge in [0, 0.05) is 6.54 Å². The van der Waals surface area contributed by atoms with Crippen LogP contribution in [0.3, 0.4) is 0 Å². The van der Waals surface area contributed by atoms with E-state index in [0.717, 1.165) is 24.3 Å². The summed E-state index contributed by atoms with van der Waals surface area (Å²) in [5.74, 6) is 1.58. The third-order valence-electron chi connectivity index (χ3n) is 3.97. The number of aryl methyl sites for hydroxylation is 2. The van der Waals surface area contributed by atoms with Crippen molar-refractivity contribution in [2.24, 2.45) is 5.92 Å². The van der Waals surface area contributed by atoms with E-state index in [1.807, 2.05) is 26.0 Å². The number of aliphatic hydroxyl groups excluding tert-OH is 1. The second-order valence-corrected chi connectivity index (χ2v) is 6.04. The number of ether oxygens (including phenoxy) is 1. The van der Waals surface area contributed by atoms with Gasteiger partial charge in [0.2, 0.25) is 0 Å². The van der Waals surface area contributed by atoms with Crippen molar-refractivity contribution in [3.8, 4) is 5.75 Å². The van der Waals surface area contributed by atoms with Gasteiger partial charge in [0.25, 0.3) is 0 Å². The SMILES string of the molecule is Cc1ccc(C)c(OCC(O)CNCC2CC=CCC2)c1. The summed E-state index contributed by atoms with van der Waals surface area (Å²) in [5.41, 5.74) is 2.28. The first-order valence-corrected chi connectivity index (χ1v) is 7.89. The van der Waals surface area contributed by atoms with E-state index in [9.17, 15) is 5.11 Å². The van der Waals surface area contributed by atoms with Crippen molar-refractivity contribution in [2.75, 3.05) is 19.7 Å². The van der Waals surface area contributed by atoms with Gasteiger partial charge in [-0.15, -0.1) is 0 Å². The van der Waals surface area contributed by atoms with Gasteiger partial charge in [0.1, 0.15) is 18.5 Å². The molecule has 0 amide bonds. The maximum Gasteiger partial charge on any atom is 0.122 e. The molecule has 0 spiro atoms. The van der Waals surface area contributed by atoms with Gasteiger partial charge in [0.05, 0.1) is 0 Å². The van der Waals surface area contributed by atoms with Gasteiger partial charge in [-0.3, -0.25) is 0 Å². The van der Waals surface area contributed by atoms with Crippen LogP contribution in [0, 0.1) is 19.8 Å². The average Bonchev–Trinajstić information content (AvgIpc) is 2.49. The fraction of sp³-hybridized carbons (Fsp3) is 0.556. The van der Waals surface area contributed by atoms with Crippen LogP contribution in [0.15, 0.2) is 30.4 Å². The molecule has 0 aliphatic heterocycles. The first kappa shape index (κ1) is 16.1. The molecule has 1 aliphatic rings. The molecule has 3 heteroatoms. The Hall–Kier alpha value is -1.32. The van der Waals surface area contributed by atoms with E-state index in [2.05, 4.69) is 23.5 Å². The van der Waals surface area contributed by atoms with Crippen LogP contribution in [0.5, 0.6) is 5.75 Å². The Bertz CT molecular complexity index is 470. The number of rotatable bonds is 7. The molecule has 3 nitrogen and oxygen atoms in total. The topological polar surface area (TPSA) is 41.5 Å². The summed E-state index contributed by atoms with van der Waals surface area (Å²) in [4.78, 5) is 0. The maximum absolute atomic E-state index is 10.00. The summed E-state index contributed by atoms with van der Waals surface area (Å²) in [5, 5.41) is 13.4. The van der Waals surface area contributed by atoms with Crippen molar-refractivity contribution >= 4 is 0 Å². The summed E-state index contributed by atoms with van der Waals surface area (Å²) >= 11 is 0. The van der Waals surface area contributed by atoms with Crippen LogP contribution in [0.25, 0.3) is 0 Å². The highest BCUT2D eigenvalue weighted by Gasteiger charge is 2.11. The van der Waals surface area contributed by atoms with Crippen molar-refractivity contribution in [1.29, 1.82) is 0 Å². The van der Waals surface area contributed by atoms with Crippen LogP contribution in [0.2, 0.25) is 0 Å². The number of aliphatic hydroxyl groups is 1. The highest BCUT2D eigenvalue weighted by molar-refractivity contribution is 5.35. The maximum atomic E-state index is 10.00. The third-order valence-corrected chi connectivity index (χ3v) is 3.97. The van der Waals surface area contributed by atoms with Crippen molar-refractivity contribution in [3.63, 3.8) is 0 Å². The lowest BCUT2D eigenvalue weighted by atomic mass is 9.94. The number of allylic oxidation sites excluding steroid dienone is 2. The Morgan fingerprint density at radius 3 is 2.95 bits per heavy atom. The highest BCUT2D eigenvalue weighted by Crippen LogP contribution is 2.19. The first-order chi connectivity index (χ1) is 10.1. The van der Waals surface area contributed by atoms with Crippen LogP contribution in [0.4, 0.5) is 0 Å². The molecule has 1 aromatic rings. The van der Waals surface area contributed by atoms with E-state index >= 15 is 0 Å². The zero-order valence-electron chi connectivity index (χ0n) is 13.1. The van der Waals surface area contributed by atoms with Gasteiger partial charge in [0.15, 0.2) is 0 Å². The molecule has 2 rings (SSSR count). The monoisotopic (exact) mass is 289 g/mol. The van der Waals surface area contributed by atoms with E-state index in [1.165, 1.54) is 18.4 Å². The van der Waals surface area contributed by atoms with E-state index in [-0.39, 0.29) is 0 Å². The van der Waals surface area contributed by atoms with Gasteiger partial charge in [-0.2, -0.15) is 0 Å². The molecular formula is C18H27NO2. The second kappa shape index (κ2) is 8.20. The summed E-state index contributed by atoms with van der Waals surface area (Å²) in [6.45, 7) is 5.97. The predicted molar refractivity (Wildman–Crippen MR) is 86.8 cm³/mol. The number of benzene rings is 1. The second-order valence-electron chi connectivity index (χ2n) is 6.04. The molecule has 2 atom stereocenters. The zero-order chi connectivity index (χ0) is 15.1. The fourth-order valence-corrected chi connectivity index (χ4v) is 2.60. The third kappa shape index (κ3) is 5.52. The summed E-state index contributed by atoms with van der Waals surface area (Å²) in [6.07, 6.45) is 7.63. The molecule has 0 fully saturated rings. The van der Waals surface area contributed by atoms with Crippen molar-refractivity contribution in [3.05, 3.63) is 41.5 Å². The molecule has 116 valence electrons. The minimum atomic E-state index is -0.468. The van der Waals surface area contributed by atoms with Crippen molar-refractivity contribution in [2.45, 2.75) is 39.2 Å². The Labute approximate surface area is 128 Å². The Balaban J connectivity index is 1.66. The zero-order valence-corrected chi connectivity index (χ0v) is 13.1. The molecule has 0 aromatic heterocycles. The Kier molecular flexibility index (Phi) is 6.27. The molecule has 1 aliphatic carbocycles. The van der Waals surface area contributed by atoms with Gasteiger partial charge in [-0.05, 0) is 62.8 Å². The predicted octanol–water partition coefficient (Wildman–Crippen LogP) is 2.99. The lowest BCUT2D eigenvalue weighted by Crippen LogP contribution is -2.34. The van der Waals surface area contributed by atoms with Gasteiger partial charge in [-0.1, -0.05) is 24.3 Å². The molecule has 0 saturated heterocycles. The molecule has 1 aromatic carbocycles. The summed E-state index contributed by atoms with van der Waals surface area (Å²) < 4.78 is 5.72. The van der Waals surface area contributed by atoms with Gasteiger partial charge >= 0.3 is 0 Å². The molecule has 2 unspecified atom stereocenters. The normalized spacial score (nSPS) is 19.5. The van der Waals surface area contributed by atoms with Crippen LogP contribution in [-0.2, 0) is 0 Å². The van der Waals surface area contributed by atoms with Gasteiger partial charge in [-0.25, -0.2) is 0 Å². The standard InChI is InChI=1S/C18H27NO2/c1-14-8-9-15(2)18(10-14)21-13-17(20)12-19-11-16-6-4-3-5-7-16/h3-4,8-10,16-17,19-20H,5-7,11-13H2,1-2H3. The summed E-state index contributed by atoms with van der Waals surface area (Å²) in [6, 6.07) is 6.13. The number of nitrogens with one attached hydrogen (secondary N) is 1. The summed E-state index contributed by atoms with van der Waals surface area (Å²) in [7, 11) is 0. The smallest absolute Gasteiger partial charge is 0.122 e. The van der Waals surface area contributed by atoms with E-state index in [4.69, 9.17) is 4.74 Å². The van der Waals surface area contributed by atoms with Crippen LogP contribution < -0.4 is 10.1 Å². The number of hydrogen-bond acceptors (Lipinski definition) is 3. The molecule has 0 radical (unpaired) electrons. The van der Waals surface area contributed by atoms with Crippen LogP contribution in [0.1, 0.15) is 30.4 Å². The van der Waals surface area contributed by atoms with E-state index in [0.29, 0.717) is 19.1 Å². The Morgan fingerprint density at radius 2 is 2.19 bits per heavy atom.